The number of aromatic nitrogens is 2. The van der Waals surface area contributed by atoms with Crippen molar-refractivity contribution in [1.82, 2.24) is 9.13 Å². The van der Waals surface area contributed by atoms with Gasteiger partial charge in [0.1, 0.15) is 0 Å². The van der Waals surface area contributed by atoms with E-state index in [9.17, 15) is 9.59 Å². The predicted octanol–water partition coefficient (Wildman–Crippen LogP) is 2.53. The average Bonchev–Trinajstić information content (AvgIpc) is 2.88. The number of fused-ring (bicyclic) bond motifs is 1. The van der Waals surface area contributed by atoms with Crippen molar-refractivity contribution in [3.63, 3.8) is 0 Å². The van der Waals surface area contributed by atoms with Crippen molar-refractivity contribution in [2.24, 2.45) is 12.0 Å². The molecule has 1 aromatic heterocycles. The van der Waals surface area contributed by atoms with Crippen LogP contribution in [0.15, 0.2) is 59.6 Å². The lowest BCUT2D eigenvalue weighted by Gasteiger charge is -2.04. The molecule has 0 atom stereocenters. The normalized spacial score (nSPS) is 11.7. The molecule has 0 fully saturated rings. The van der Waals surface area contributed by atoms with Crippen LogP contribution in [-0.4, -0.2) is 28.1 Å². The van der Waals surface area contributed by atoms with Gasteiger partial charge in [0.05, 0.1) is 24.7 Å². The number of aryl methyl sites for hydroxylation is 1. The number of carbonyl (C=O) groups excluding carboxylic acids is 2. The van der Waals surface area contributed by atoms with Gasteiger partial charge in [-0.15, -0.1) is 4.99 Å². The van der Waals surface area contributed by atoms with E-state index in [4.69, 9.17) is 0 Å². The van der Waals surface area contributed by atoms with Crippen LogP contribution in [0.25, 0.3) is 11.0 Å². The van der Waals surface area contributed by atoms with Gasteiger partial charge in [-0.3, -0.25) is 4.79 Å². The van der Waals surface area contributed by atoms with Gasteiger partial charge in [-0.2, -0.15) is 0 Å². The Labute approximate surface area is 138 Å². The van der Waals surface area contributed by atoms with Crippen molar-refractivity contribution in [2.75, 3.05) is 7.11 Å². The number of benzene rings is 2. The van der Waals surface area contributed by atoms with E-state index < -0.39 is 6.09 Å². The molecule has 0 bridgehead atoms. The minimum absolute atomic E-state index is 0.0572. The van der Waals surface area contributed by atoms with Gasteiger partial charge in [0.2, 0.25) is 5.62 Å². The fourth-order valence-electron chi connectivity index (χ4n) is 2.65. The molecule has 122 valence electrons. The Morgan fingerprint density at radius 3 is 2.29 bits per heavy atom. The number of ether oxygens (including phenoxy) is 1. The molecule has 3 aromatic rings. The fourth-order valence-corrected chi connectivity index (χ4v) is 2.65. The van der Waals surface area contributed by atoms with Gasteiger partial charge in [0.15, 0.2) is 5.78 Å². The number of carbonyl (C=O) groups is 2. The summed E-state index contributed by atoms with van der Waals surface area (Å²) in [4.78, 5) is 28.2. The Morgan fingerprint density at radius 1 is 1.00 bits per heavy atom. The standard InChI is InChI=1S/C18H17N3O3/c1-20-14-10-6-7-11-15(14)21(17(20)19-18(23)24-2)12-16(22)13-8-4-3-5-9-13/h3-11H,12H2,1-2H3/b19-17+. The molecule has 0 saturated carbocycles. The zero-order valence-corrected chi connectivity index (χ0v) is 13.5. The molecular weight excluding hydrogens is 306 g/mol. The summed E-state index contributed by atoms with van der Waals surface area (Å²) in [6.07, 6.45) is -0.707. The number of para-hydroxylation sites is 2. The molecule has 0 aliphatic heterocycles. The van der Waals surface area contributed by atoms with Crippen LogP contribution in [0.5, 0.6) is 0 Å². The van der Waals surface area contributed by atoms with Gasteiger partial charge in [-0.1, -0.05) is 42.5 Å². The molecule has 0 aliphatic carbocycles. The first-order valence-corrected chi connectivity index (χ1v) is 7.47. The minimum Gasteiger partial charge on any atom is -0.451 e. The quantitative estimate of drug-likeness (QED) is 0.696. The van der Waals surface area contributed by atoms with Gasteiger partial charge in [-0.05, 0) is 12.1 Å². The zero-order chi connectivity index (χ0) is 17.1. The summed E-state index contributed by atoms with van der Waals surface area (Å²) in [6.45, 7) is 0.0845. The SMILES string of the molecule is COC(=O)/N=c1\n(C)c2ccccc2n1CC(=O)c1ccccc1. The highest BCUT2D eigenvalue weighted by Crippen LogP contribution is 2.13. The topological polar surface area (TPSA) is 65.6 Å². The lowest BCUT2D eigenvalue weighted by Crippen LogP contribution is -2.28. The first-order chi connectivity index (χ1) is 11.6. The molecule has 2 aromatic carbocycles. The lowest BCUT2D eigenvalue weighted by atomic mass is 10.1. The third-order valence-electron chi connectivity index (χ3n) is 3.84. The predicted molar refractivity (Wildman–Crippen MR) is 89.6 cm³/mol. The maximum absolute atomic E-state index is 12.6. The largest absolute Gasteiger partial charge is 0.451 e. The summed E-state index contributed by atoms with van der Waals surface area (Å²) in [7, 11) is 3.07. The highest BCUT2D eigenvalue weighted by Gasteiger charge is 2.14. The van der Waals surface area contributed by atoms with E-state index in [0.29, 0.717) is 11.2 Å². The minimum atomic E-state index is -0.707. The molecule has 3 rings (SSSR count). The van der Waals surface area contributed by atoms with Crippen molar-refractivity contribution in [3.05, 3.63) is 65.8 Å². The summed E-state index contributed by atoms with van der Waals surface area (Å²) in [5.74, 6) is -0.0572. The van der Waals surface area contributed by atoms with Crippen LogP contribution in [0.1, 0.15) is 10.4 Å². The van der Waals surface area contributed by atoms with Crippen LogP contribution in [0.3, 0.4) is 0 Å². The van der Waals surface area contributed by atoms with E-state index in [1.807, 2.05) is 42.5 Å². The molecule has 24 heavy (non-hydrogen) atoms. The zero-order valence-electron chi connectivity index (χ0n) is 13.5. The van der Waals surface area contributed by atoms with E-state index in [-0.39, 0.29) is 12.3 Å². The van der Waals surface area contributed by atoms with Gasteiger partial charge in [0.25, 0.3) is 0 Å². The molecule has 0 N–H and O–H groups in total. The van der Waals surface area contributed by atoms with Crippen molar-refractivity contribution in [3.8, 4) is 0 Å². The number of nitrogens with zero attached hydrogens (tertiary/aromatic N) is 3. The number of imidazole rings is 1. The van der Waals surface area contributed by atoms with E-state index in [1.165, 1.54) is 7.11 Å². The Kier molecular flexibility index (Phi) is 4.29. The lowest BCUT2D eigenvalue weighted by molar-refractivity contribution is 0.0971. The number of amides is 1. The Bertz CT molecular complexity index is 968. The molecule has 0 saturated heterocycles. The van der Waals surface area contributed by atoms with Gasteiger partial charge >= 0.3 is 6.09 Å². The second kappa shape index (κ2) is 6.54. The van der Waals surface area contributed by atoms with Crippen LogP contribution >= 0.6 is 0 Å². The Balaban J connectivity index is 2.15. The third-order valence-corrected chi connectivity index (χ3v) is 3.84. The summed E-state index contributed by atoms with van der Waals surface area (Å²) in [5.41, 5.74) is 2.68. The van der Waals surface area contributed by atoms with Gasteiger partial charge in [0, 0.05) is 12.6 Å². The number of rotatable bonds is 3. The average molecular weight is 323 g/mol. The van der Waals surface area contributed by atoms with Crippen molar-refractivity contribution in [1.29, 1.82) is 0 Å². The van der Waals surface area contributed by atoms with Crippen LogP contribution in [0.4, 0.5) is 4.79 Å². The number of hydrogen-bond donors (Lipinski definition) is 0. The monoisotopic (exact) mass is 323 g/mol. The second-order valence-electron chi connectivity index (χ2n) is 5.30. The first-order valence-electron chi connectivity index (χ1n) is 7.47. The second-order valence-corrected chi connectivity index (χ2v) is 5.30. The van der Waals surface area contributed by atoms with Crippen molar-refractivity contribution in [2.45, 2.75) is 6.54 Å². The maximum atomic E-state index is 12.6. The van der Waals surface area contributed by atoms with Gasteiger partial charge in [-0.25, -0.2) is 4.79 Å². The van der Waals surface area contributed by atoms with Gasteiger partial charge < -0.3 is 13.9 Å². The third kappa shape index (κ3) is 2.86. The molecule has 6 heteroatoms. The summed E-state index contributed by atoms with van der Waals surface area (Å²) in [6, 6.07) is 16.6. The number of methoxy groups -OCH3 is 1. The summed E-state index contributed by atoms with van der Waals surface area (Å²) < 4.78 is 8.12. The number of hydrogen-bond acceptors (Lipinski definition) is 3. The summed E-state index contributed by atoms with van der Waals surface area (Å²) in [5, 5.41) is 0. The highest BCUT2D eigenvalue weighted by atomic mass is 16.5. The van der Waals surface area contributed by atoms with Crippen LogP contribution in [0.2, 0.25) is 0 Å². The smallest absolute Gasteiger partial charge is 0.436 e. The molecule has 0 radical (unpaired) electrons. The molecular formula is C18H17N3O3. The van der Waals surface area contributed by atoms with Crippen molar-refractivity contribution < 1.29 is 14.3 Å². The van der Waals surface area contributed by atoms with E-state index >= 15 is 0 Å². The number of ketones is 1. The highest BCUT2D eigenvalue weighted by molar-refractivity contribution is 5.96. The molecule has 1 heterocycles. The molecule has 6 nitrogen and oxygen atoms in total. The first kappa shape index (κ1) is 15.7. The fraction of sp³-hybridized carbons (Fsp3) is 0.167. The Morgan fingerprint density at radius 2 is 1.62 bits per heavy atom. The summed E-state index contributed by atoms with van der Waals surface area (Å²) >= 11 is 0. The van der Waals surface area contributed by atoms with Crippen LogP contribution in [-0.2, 0) is 18.3 Å². The van der Waals surface area contributed by atoms with Crippen LogP contribution < -0.4 is 5.62 Å². The van der Waals surface area contributed by atoms with E-state index in [1.54, 1.807) is 28.3 Å². The van der Waals surface area contributed by atoms with E-state index in [2.05, 4.69) is 9.73 Å². The number of Topliss-reactive ketones (excluding diaryl/α,β-unsaturated/α-hetero) is 1. The Hall–Kier alpha value is -3.15. The molecule has 1 amide bonds. The van der Waals surface area contributed by atoms with Crippen LogP contribution in [0, 0.1) is 0 Å². The maximum Gasteiger partial charge on any atom is 0.436 e. The van der Waals surface area contributed by atoms with Crippen molar-refractivity contribution >= 4 is 22.9 Å². The van der Waals surface area contributed by atoms with E-state index in [0.717, 1.165) is 11.0 Å². The molecule has 0 unspecified atom stereocenters. The molecule has 0 aliphatic rings. The molecule has 0 spiro atoms.